The van der Waals surface area contributed by atoms with Crippen LogP contribution in [0.25, 0.3) is 0 Å². The molecule has 76 valence electrons. The Bertz CT molecular complexity index is 300. The third kappa shape index (κ3) is 3.85. The molecule has 14 heavy (non-hydrogen) atoms. The van der Waals surface area contributed by atoms with Crippen molar-refractivity contribution in [3.05, 3.63) is 22.8 Å². The molecule has 1 amide bonds. The number of ether oxygens (including phenoxy) is 1. The second-order valence-electron chi connectivity index (χ2n) is 2.55. The Balaban J connectivity index is 2.44. The molecule has 0 spiro atoms. The molecule has 0 aliphatic carbocycles. The number of amides is 1. The highest BCUT2D eigenvalue weighted by molar-refractivity contribution is 9.10. The monoisotopic (exact) mass is 258 g/mol. The molecule has 0 atom stereocenters. The summed E-state index contributed by atoms with van der Waals surface area (Å²) >= 11 is 3.25. The molecule has 0 aliphatic rings. The Hall–Kier alpha value is -0.940. The van der Waals surface area contributed by atoms with Crippen LogP contribution in [0.2, 0.25) is 0 Å². The molecule has 1 rings (SSSR count). The van der Waals surface area contributed by atoms with E-state index in [1.165, 1.54) is 0 Å². The molecule has 1 N–H and O–H groups in total. The molecule has 0 fully saturated rings. The SMILES string of the molecule is CCOCC(=O)Nc1ccc(Br)cn1. The number of hydrogen-bond donors (Lipinski definition) is 1. The van der Waals surface area contributed by atoms with Crippen LogP contribution in [0, 0.1) is 0 Å². The molecule has 0 saturated carbocycles. The van der Waals surface area contributed by atoms with Gasteiger partial charge in [-0.2, -0.15) is 0 Å². The van der Waals surface area contributed by atoms with Crippen LogP contribution in [0.4, 0.5) is 5.82 Å². The Morgan fingerprint density at radius 2 is 2.43 bits per heavy atom. The van der Waals surface area contributed by atoms with Crippen molar-refractivity contribution in [2.45, 2.75) is 6.92 Å². The number of nitrogens with zero attached hydrogens (tertiary/aromatic N) is 1. The van der Waals surface area contributed by atoms with E-state index in [0.717, 1.165) is 4.47 Å². The normalized spacial score (nSPS) is 9.86. The highest BCUT2D eigenvalue weighted by atomic mass is 79.9. The maximum atomic E-state index is 11.2. The molecule has 0 radical (unpaired) electrons. The standard InChI is InChI=1S/C9H11BrN2O2/c1-2-14-6-9(13)12-8-4-3-7(10)5-11-8/h3-5H,2,6H2,1H3,(H,11,12,13). The second kappa shape index (κ2) is 5.72. The lowest BCUT2D eigenvalue weighted by atomic mass is 10.4. The number of aromatic nitrogens is 1. The minimum atomic E-state index is -0.193. The number of nitrogens with one attached hydrogen (secondary N) is 1. The molecule has 5 heteroatoms. The fourth-order valence-corrected chi connectivity index (χ4v) is 1.06. The van der Waals surface area contributed by atoms with Crippen molar-refractivity contribution in [1.82, 2.24) is 4.98 Å². The zero-order valence-corrected chi connectivity index (χ0v) is 9.37. The first-order chi connectivity index (χ1) is 6.72. The number of rotatable bonds is 4. The van der Waals surface area contributed by atoms with E-state index in [-0.39, 0.29) is 12.5 Å². The predicted molar refractivity (Wildman–Crippen MR) is 57.1 cm³/mol. The lowest BCUT2D eigenvalue weighted by molar-refractivity contribution is -0.120. The summed E-state index contributed by atoms with van der Waals surface area (Å²) in [5.74, 6) is 0.333. The minimum absolute atomic E-state index is 0.0637. The van der Waals surface area contributed by atoms with E-state index in [0.29, 0.717) is 12.4 Å². The Morgan fingerprint density at radius 3 is 3.00 bits per heavy atom. The number of pyridine rings is 1. The van der Waals surface area contributed by atoms with E-state index in [2.05, 4.69) is 26.2 Å². The van der Waals surface area contributed by atoms with Crippen LogP contribution < -0.4 is 5.32 Å². The quantitative estimate of drug-likeness (QED) is 0.897. The molecule has 0 aromatic carbocycles. The maximum Gasteiger partial charge on any atom is 0.251 e. The van der Waals surface area contributed by atoms with Gasteiger partial charge in [0.05, 0.1) is 0 Å². The Kier molecular flexibility index (Phi) is 4.55. The van der Waals surface area contributed by atoms with Crippen LogP contribution in [-0.4, -0.2) is 24.1 Å². The molecular weight excluding hydrogens is 248 g/mol. The first-order valence-corrected chi connectivity index (χ1v) is 5.01. The molecule has 0 unspecified atom stereocenters. The summed E-state index contributed by atoms with van der Waals surface area (Å²) in [4.78, 5) is 15.2. The van der Waals surface area contributed by atoms with Crippen LogP contribution >= 0.6 is 15.9 Å². The van der Waals surface area contributed by atoms with Gasteiger partial charge in [-0.25, -0.2) is 4.98 Å². The van der Waals surface area contributed by atoms with Gasteiger partial charge in [0.25, 0.3) is 5.91 Å². The lowest BCUT2D eigenvalue weighted by Crippen LogP contribution is -2.18. The zero-order valence-electron chi connectivity index (χ0n) is 7.79. The van der Waals surface area contributed by atoms with Crippen molar-refractivity contribution in [1.29, 1.82) is 0 Å². The topological polar surface area (TPSA) is 51.2 Å². The van der Waals surface area contributed by atoms with Crippen molar-refractivity contribution < 1.29 is 9.53 Å². The zero-order chi connectivity index (χ0) is 10.4. The summed E-state index contributed by atoms with van der Waals surface area (Å²) in [6.07, 6.45) is 1.62. The van der Waals surface area contributed by atoms with Crippen molar-refractivity contribution in [2.75, 3.05) is 18.5 Å². The summed E-state index contributed by atoms with van der Waals surface area (Å²) in [6, 6.07) is 3.53. The molecule has 1 heterocycles. The highest BCUT2D eigenvalue weighted by Crippen LogP contribution is 2.10. The number of hydrogen-bond acceptors (Lipinski definition) is 3. The summed E-state index contributed by atoms with van der Waals surface area (Å²) in [6.45, 7) is 2.43. The van der Waals surface area contributed by atoms with E-state index < -0.39 is 0 Å². The van der Waals surface area contributed by atoms with Crippen LogP contribution in [-0.2, 0) is 9.53 Å². The highest BCUT2D eigenvalue weighted by Gasteiger charge is 2.01. The van der Waals surface area contributed by atoms with Gasteiger partial charge >= 0.3 is 0 Å². The van der Waals surface area contributed by atoms with Gasteiger partial charge in [0.1, 0.15) is 12.4 Å². The van der Waals surface area contributed by atoms with Gasteiger partial charge in [-0.1, -0.05) is 0 Å². The first-order valence-electron chi connectivity index (χ1n) is 4.21. The van der Waals surface area contributed by atoms with Gasteiger partial charge in [-0.15, -0.1) is 0 Å². The number of carbonyl (C=O) groups excluding carboxylic acids is 1. The third-order valence-electron chi connectivity index (χ3n) is 1.43. The average Bonchev–Trinajstić information content (AvgIpc) is 2.18. The largest absolute Gasteiger partial charge is 0.372 e. The maximum absolute atomic E-state index is 11.2. The predicted octanol–water partition coefficient (Wildman–Crippen LogP) is 1.82. The van der Waals surface area contributed by atoms with Gasteiger partial charge in [0, 0.05) is 17.3 Å². The lowest BCUT2D eigenvalue weighted by Gasteiger charge is -2.03. The van der Waals surface area contributed by atoms with Crippen LogP contribution in [0.3, 0.4) is 0 Å². The Morgan fingerprint density at radius 1 is 1.64 bits per heavy atom. The van der Waals surface area contributed by atoms with Gasteiger partial charge in [0.15, 0.2) is 0 Å². The van der Waals surface area contributed by atoms with Crippen molar-refractivity contribution >= 4 is 27.7 Å². The van der Waals surface area contributed by atoms with Gasteiger partial charge < -0.3 is 10.1 Å². The van der Waals surface area contributed by atoms with E-state index in [1.54, 1.807) is 12.3 Å². The van der Waals surface area contributed by atoms with Crippen molar-refractivity contribution in [2.24, 2.45) is 0 Å². The van der Waals surface area contributed by atoms with E-state index >= 15 is 0 Å². The molecule has 1 aromatic heterocycles. The average molecular weight is 259 g/mol. The van der Waals surface area contributed by atoms with Crippen molar-refractivity contribution in [3.8, 4) is 0 Å². The van der Waals surface area contributed by atoms with Crippen LogP contribution in [0.15, 0.2) is 22.8 Å². The summed E-state index contributed by atoms with van der Waals surface area (Å²) < 4.78 is 5.82. The smallest absolute Gasteiger partial charge is 0.251 e. The molecule has 0 bridgehead atoms. The van der Waals surface area contributed by atoms with Crippen molar-refractivity contribution in [3.63, 3.8) is 0 Å². The van der Waals surface area contributed by atoms with E-state index in [1.807, 2.05) is 13.0 Å². The van der Waals surface area contributed by atoms with Crippen LogP contribution in [0.1, 0.15) is 6.92 Å². The van der Waals surface area contributed by atoms with Gasteiger partial charge in [0.2, 0.25) is 0 Å². The van der Waals surface area contributed by atoms with Gasteiger partial charge in [-0.05, 0) is 35.0 Å². The second-order valence-corrected chi connectivity index (χ2v) is 3.46. The molecule has 0 aliphatic heterocycles. The van der Waals surface area contributed by atoms with Crippen LogP contribution in [0.5, 0.6) is 0 Å². The van der Waals surface area contributed by atoms with E-state index in [4.69, 9.17) is 4.74 Å². The summed E-state index contributed by atoms with van der Waals surface area (Å²) in [7, 11) is 0. The molecule has 4 nitrogen and oxygen atoms in total. The fourth-order valence-electron chi connectivity index (χ4n) is 0.823. The molecule has 0 saturated heterocycles. The summed E-state index contributed by atoms with van der Waals surface area (Å²) in [5.41, 5.74) is 0. The number of carbonyl (C=O) groups is 1. The number of halogens is 1. The molecule has 1 aromatic rings. The Labute approximate surface area is 90.8 Å². The minimum Gasteiger partial charge on any atom is -0.372 e. The summed E-state index contributed by atoms with van der Waals surface area (Å²) in [5, 5.41) is 2.61. The van der Waals surface area contributed by atoms with E-state index in [9.17, 15) is 4.79 Å². The van der Waals surface area contributed by atoms with Gasteiger partial charge in [-0.3, -0.25) is 4.79 Å². The third-order valence-corrected chi connectivity index (χ3v) is 1.90. The first kappa shape index (κ1) is 11.1. The fraction of sp³-hybridized carbons (Fsp3) is 0.333. The molecular formula is C9H11BrN2O2. The number of anilines is 1.